The van der Waals surface area contributed by atoms with Gasteiger partial charge in [0.2, 0.25) is 10.0 Å². The molecule has 1 fully saturated rings. The first-order chi connectivity index (χ1) is 9.00. The van der Waals surface area contributed by atoms with Crippen LogP contribution in [-0.4, -0.2) is 26.5 Å². The summed E-state index contributed by atoms with van der Waals surface area (Å²) >= 11 is 0. The van der Waals surface area contributed by atoms with Gasteiger partial charge in [-0.2, -0.15) is 0 Å². The number of nitrogens with one attached hydrogen (secondary N) is 1. The zero-order valence-corrected chi connectivity index (χ0v) is 11.4. The van der Waals surface area contributed by atoms with Gasteiger partial charge in [-0.25, -0.2) is 23.0 Å². The van der Waals surface area contributed by atoms with Crippen LogP contribution < -0.4 is 10.6 Å². The summed E-state index contributed by atoms with van der Waals surface area (Å²) in [4.78, 5) is -0.154. The molecule has 0 amide bonds. The Bertz CT molecular complexity index is 542. The van der Waals surface area contributed by atoms with Crippen molar-refractivity contribution in [2.75, 3.05) is 18.5 Å². The second kappa shape index (κ2) is 5.85. The summed E-state index contributed by atoms with van der Waals surface area (Å²) in [6, 6.07) is 4.44. The summed E-state index contributed by atoms with van der Waals surface area (Å²) < 4.78 is 35.5. The molecule has 1 aliphatic rings. The van der Waals surface area contributed by atoms with Crippen molar-refractivity contribution in [2.24, 2.45) is 5.14 Å². The van der Waals surface area contributed by atoms with Crippen molar-refractivity contribution in [3.05, 3.63) is 23.8 Å². The molecule has 1 aromatic rings. The molecule has 2 rings (SSSR count). The summed E-state index contributed by atoms with van der Waals surface area (Å²) in [7, 11) is -3.88. The van der Waals surface area contributed by atoms with Gasteiger partial charge in [-0.1, -0.05) is 6.42 Å². The average Bonchev–Trinajstić information content (AvgIpc) is 2.38. The molecular weight excluding hydrogens is 269 g/mol. The highest BCUT2D eigenvalue weighted by molar-refractivity contribution is 7.89. The Hall–Kier alpha value is -1.18. The molecule has 1 heterocycles. The molecule has 1 aromatic carbocycles. The molecule has 1 aliphatic heterocycles. The average molecular weight is 287 g/mol. The van der Waals surface area contributed by atoms with E-state index in [1.165, 1.54) is 18.6 Å². The van der Waals surface area contributed by atoms with Crippen LogP contribution >= 0.6 is 0 Å². The fraction of sp³-hybridized carbons (Fsp3) is 0.500. The van der Waals surface area contributed by atoms with Gasteiger partial charge in [0.1, 0.15) is 6.67 Å². The lowest BCUT2D eigenvalue weighted by atomic mass is 10.1. The van der Waals surface area contributed by atoms with Crippen molar-refractivity contribution in [3.63, 3.8) is 0 Å². The monoisotopic (exact) mass is 287 g/mol. The number of primary sulfonamides is 1. The number of hydrogen-bond donors (Lipinski definition) is 2. The van der Waals surface area contributed by atoms with Gasteiger partial charge < -0.3 is 5.43 Å². The first-order valence-corrected chi connectivity index (χ1v) is 7.78. The minimum absolute atomic E-state index is 0.0875. The number of sulfonamides is 1. The zero-order chi connectivity index (χ0) is 13.9. The maximum Gasteiger partial charge on any atom is 0.238 e. The van der Waals surface area contributed by atoms with Crippen LogP contribution in [0.2, 0.25) is 0 Å². The van der Waals surface area contributed by atoms with E-state index >= 15 is 0 Å². The number of hydrazine groups is 1. The van der Waals surface area contributed by atoms with Crippen molar-refractivity contribution in [3.8, 4) is 0 Å². The molecule has 1 saturated heterocycles. The van der Waals surface area contributed by atoms with E-state index in [-0.39, 0.29) is 10.5 Å². The van der Waals surface area contributed by atoms with E-state index in [2.05, 4.69) is 10.4 Å². The van der Waals surface area contributed by atoms with Crippen LogP contribution in [0.5, 0.6) is 0 Å². The topological polar surface area (TPSA) is 75.4 Å². The van der Waals surface area contributed by atoms with Gasteiger partial charge in [-0.05, 0) is 31.0 Å². The maximum absolute atomic E-state index is 12.9. The van der Waals surface area contributed by atoms with Crippen LogP contribution in [0.1, 0.15) is 24.8 Å². The standard InChI is InChI=1S/C12H18FN3O2S/c13-9-10-8-11(4-5-12(10)19(14,17)18)15-16-6-2-1-3-7-16/h4-5,8,15H,1-3,6-7,9H2,(H2,14,17,18). The number of benzene rings is 1. The van der Waals surface area contributed by atoms with E-state index in [1.54, 1.807) is 6.07 Å². The van der Waals surface area contributed by atoms with Crippen molar-refractivity contribution in [2.45, 2.75) is 30.8 Å². The normalized spacial score (nSPS) is 17.4. The molecule has 0 aliphatic carbocycles. The maximum atomic E-state index is 12.9. The van der Waals surface area contributed by atoms with Crippen LogP contribution in [0, 0.1) is 0 Å². The molecule has 106 valence electrons. The molecule has 0 bridgehead atoms. The molecule has 7 heteroatoms. The van der Waals surface area contributed by atoms with E-state index in [4.69, 9.17) is 5.14 Å². The Balaban J connectivity index is 2.19. The molecule has 0 aromatic heterocycles. The van der Waals surface area contributed by atoms with Crippen LogP contribution in [0.4, 0.5) is 10.1 Å². The van der Waals surface area contributed by atoms with E-state index in [0.717, 1.165) is 25.9 Å². The van der Waals surface area contributed by atoms with Crippen LogP contribution in [0.3, 0.4) is 0 Å². The molecule has 0 spiro atoms. The SMILES string of the molecule is NS(=O)(=O)c1ccc(NN2CCCCC2)cc1CF. The second-order valence-corrected chi connectivity index (χ2v) is 6.19. The molecular formula is C12H18FN3O2S. The van der Waals surface area contributed by atoms with E-state index < -0.39 is 16.7 Å². The summed E-state index contributed by atoms with van der Waals surface area (Å²) in [6.45, 7) is 1.01. The number of piperidine rings is 1. The van der Waals surface area contributed by atoms with Gasteiger partial charge in [-0.3, -0.25) is 0 Å². The predicted octanol–water partition coefficient (Wildman–Crippen LogP) is 1.62. The Kier molecular flexibility index (Phi) is 4.38. The molecule has 5 nitrogen and oxygen atoms in total. The number of hydrogen-bond acceptors (Lipinski definition) is 4. The van der Waals surface area contributed by atoms with Crippen molar-refractivity contribution < 1.29 is 12.8 Å². The van der Waals surface area contributed by atoms with Crippen LogP contribution in [0.25, 0.3) is 0 Å². The smallest absolute Gasteiger partial charge is 0.238 e. The van der Waals surface area contributed by atoms with E-state index in [0.29, 0.717) is 5.69 Å². The number of nitrogens with zero attached hydrogens (tertiary/aromatic N) is 1. The molecule has 0 saturated carbocycles. The van der Waals surface area contributed by atoms with Crippen molar-refractivity contribution >= 4 is 15.7 Å². The predicted molar refractivity (Wildman–Crippen MR) is 71.7 cm³/mol. The number of rotatable bonds is 4. The van der Waals surface area contributed by atoms with Crippen LogP contribution in [-0.2, 0) is 16.7 Å². The van der Waals surface area contributed by atoms with E-state index in [9.17, 15) is 12.8 Å². The molecule has 0 radical (unpaired) electrons. The Morgan fingerprint density at radius 2 is 1.95 bits per heavy atom. The number of nitrogens with two attached hydrogens (primary N) is 1. The minimum atomic E-state index is -3.88. The Morgan fingerprint density at radius 1 is 1.26 bits per heavy atom. The summed E-state index contributed by atoms with van der Waals surface area (Å²) in [5.74, 6) is 0. The third-order valence-electron chi connectivity index (χ3n) is 3.15. The van der Waals surface area contributed by atoms with Crippen molar-refractivity contribution in [1.82, 2.24) is 5.01 Å². The summed E-state index contributed by atoms with van der Waals surface area (Å²) in [5.41, 5.74) is 3.94. The third kappa shape index (κ3) is 3.65. The highest BCUT2D eigenvalue weighted by Crippen LogP contribution is 2.21. The van der Waals surface area contributed by atoms with Gasteiger partial charge in [0.25, 0.3) is 0 Å². The van der Waals surface area contributed by atoms with Gasteiger partial charge in [-0.15, -0.1) is 0 Å². The first kappa shape index (κ1) is 14.2. The first-order valence-electron chi connectivity index (χ1n) is 6.24. The number of alkyl halides is 1. The zero-order valence-electron chi connectivity index (χ0n) is 10.6. The second-order valence-electron chi connectivity index (χ2n) is 4.66. The molecule has 3 N–H and O–H groups in total. The molecule has 0 unspecified atom stereocenters. The fourth-order valence-corrected chi connectivity index (χ4v) is 2.96. The van der Waals surface area contributed by atoms with Gasteiger partial charge in [0, 0.05) is 24.3 Å². The number of halogens is 1. The van der Waals surface area contributed by atoms with Crippen LogP contribution in [0.15, 0.2) is 23.1 Å². The van der Waals surface area contributed by atoms with Gasteiger partial charge >= 0.3 is 0 Å². The lowest BCUT2D eigenvalue weighted by molar-refractivity contribution is 0.273. The third-order valence-corrected chi connectivity index (χ3v) is 4.17. The minimum Gasteiger partial charge on any atom is -0.319 e. The summed E-state index contributed by atoms with van der Waals surface area (Å²) in [5, 5.41) is 7.10. The molecule has 0 atom stereocenters. The highest BCUT2D eigenvalue weighted by Gasteiger charge is 2.15. The molecule has 19 heavy (non-hydrogen) atoms. The largest absolute Gasteiger partial charge is 0.319 e. The quantitative estimate of drug-likeness (QED) is 0.882. The van der Waals surface area contributed by atoms with E-state index in [1.807, 2.05) is 0 Å². The van der Waals surface area contributed by atoms with Gasteiger partial charge in [0.15, 0.2) is 0 Å². The lowest BCUT2D eigenvalue weighted by Crippen LogP contribution is -2.34. The highest BCUT2D eigenvalue weighted by atomic mass is 32.2. The lowest BCUT2D eigenvalue weighted by Gasteiger charge is -2.28. The number of anilines is 1. The van der Waals surface area contributed by atoms with Gasteiger partial charge in [0.05, 0.1) is 4.90 Å². The van der Waals surface area contributed by atoms with Crippen molar-refractivity contribution in [1.29, 1.82) is 0 Å². The fourth-order valence-electron chi connectivity index (χ4n) is 2.22. The summed E-state index contributed by atoms with van der Waals surface area (Å²) in [6.07, 6.45) is 3.47. The Morgan fingerprint density at radius 3 is 2.53 bits per heavy atom. The Labute approximate surface area is 112 Å².